The van der Waals surface area contributed by atoms with E-state index in [1.165, 1.54) is 24.3 Å². The third kappa shape index (κ3) is 4.82. The highest BCUT2D eigenvalue weighted by molar-refractivity contribution is 9.10. The van der Waals surface area contributed by atoms with Gasteiger partial charge in [0.05, 0.1) is 0 Å². The molecule has 0 aliphatic rings. The quantitative estimate of drug-likeness (QED) is 0.880. The van der Waals surface area contributed by atoms with E-state index in [1.807, 2.05) is 24.3 Å². The molecule has 110 valence electrons. The minimum atomic E-state index is -2.87. The van der Waals surface area contributed by atoms with E-state index < -0.39 is 6.61 Å². The molecule has 0 bridgehead atoms. The Morgan fingerprint density at radius 2 is 1.71 bits per heavy atom. The Hall–Kier alpha value is -1.95. The number of rotatable bonds is 5. The van der Waals surface area contributed by atoms with Gasteiger partial charge in [-0.3, -0.25) is 4.79 Å². The molecule has 0 aliphatic heterocycles. The number of amides is 1. The van der Waals surface area contributed by atoms with Gasteiger partial charge in [-0.25, -0.2) is 0 Å². The molecule has 0 saturated heterocycles. The molecule has 0 radical (unpaired) electrons. The second-order valence-corrected chi connectivity index (χ2v) is 5.13. The van der Waals surface area contributed by atoms with E-state index >= 15 is 0 Å². The maximum absolute atomic E-state index is 12.0. The number of halogens is 3. The molecule has 21 heavy (non-hydrogen) atoms. The van der Waals surface area contributed by atoms with Crippen LogP contribution in [0, 0.1) is 0 Å². The van der Waals surface area contributed by atoms with Crippen LogP contribution in [0.2, 0.25) is 0 Å². The summed E-state index contributed by atoms with van der Waals surface area (Å²) in [5.41, 5.74) is 1.35. The van der Waals surface area contributed by atoms with Crippen LogP contribution in [0.1, 0.15) is 15.9 Å². The Kier molecular flexibility index (Phi) is 5.27. The molecule has 2 rings (SSSR count). The molecular weight excluding hydrogens is 344 g/mol. The zero-order valence-corrected chi connectivity index (χ0v) is 12.4. The average molecular weight is 356 g/mol. The van der Waals surface area contributed by atoms with Crippen molar-refractivity contribution in [3.63, 3.8) is 0 Å². The van der Waals surface area contributed by atoms with Gasteiger partial charge < -0.3 is 10.1 Å². The molecule has 1 N–H and O–H groups in total. The molecule has 0 aliphatic carbocycles. The fourth-order valence-corrected chi connectivity index (χ4v) is 1.94. The average Bonchev–Trinajstić information content (AvgIpc) is 2.46. The highest BCUT2D eigenvalue weighted by atomic mass is 79.9. The first-order chi connectivity index (χ1) is 10.0. The zero-order chi connectivity index (χ0) is 15.2. The van der Waals surface area contributed by atoms with Crippen molar-refractivity contribution < 1.29 is 18.3 Å². The molecule has 0 saturated carbocycles. The molecule has 0 heterocycles. The number of ether oxygens (including phenoxy) is 1. The largest absolute Gasteiger partial charge is 0.435 e. The van der Waals surface area contributed by atoms with Crippen molar-refractivity contribution in [2.24, 2.45) is 0 Å². The van der Waals surface area contributed by atoms with E-state index in [0.717, 1.165) is 10.0 Å². The number of hydrogen-bond acceptors (Lipinski definition) is 2. The number of carbonyl (C=O) groups is 1. The number of hydrogen-bond donors (Lipinski definition) is 1. The molecule has 2 aromatic rings. The minimum Gasteiger partial charge on any atom is -0.435 e. The van der Waals surface area contributed by atoms with Crippen molar-refractivity contribution in [1.29, 1.82) is 0 Å². The lowest BCUT2D eigenvalue weighted by Gasteiger charge is -2.07. The van der Waals surface area contributed by atoms with Gasteiger partial charge in [-0.05, 0) is 42.0 Å². The van der Waals surface area contributed by atoms with Crippen molar-refractivity contribution in [1.82, 2.24) is 5.32 Å². The van der Waals surface area contributed by atoms with Gasteiger partial charge in [0.1, 0.15) is 5.75 Å². The molecule has 0 fully saturated rings. The predicted octanol–water partition coefficient (Wildman–Crippen LogP) is 3.98. The summed E-state index contributed by atoms with van der Waals surface area (Å²) in [6.45, 7) is -2.48. The molecule has 0 aromatic heterocycles. The van der Waals surface area contributed by atoms with Gasteiger partial charge in [0.2, 0.25) is 0 Å². The van der Waals surface area contributed by atoms with E-state index in [1.54, 1.807) is 0 Å². The van der Waals surface area contributed by atoms with Crippen LogP contribution in [0.5, 0.6) is 5.75 Å². The maximum Gasteiger partial charge on any atom is 0.387 e. The molecule has 6 heteroatoms. The predicted molar refractivity (Wildman–Crippen MR) is 78.4 cm³/mol. The summed E-state index contributed by atoms with van der Waals surface area (Å²) >= 11 is 3.33. The first-order valence-electron chi connectivity index (χ1n) is 6.12. The lowest BCUT2D eigenvalue weighted by molar-refractivity contribution is -0.0498. The van der Waals surface area contributed by atoms with Gasteiger partial charge >= 0.3 is 6.61 Å². The Labute approximate surface area is 129 Å². The Bertz CT molecular complexity index is 600. The number of alkyl halides is 2. The standard InChI is InChI=1S/C15H12BrF2NO2/c16-12-5-1-10(2-6-12)9-19-14(20)11-3-7-13(8-4-11)21-15(17)18/h1-8,15H,9H2,(H,19,20). The first-order valence-corrected chi connectivity index (χ1v) is 6.91. The number of nitrogens with one attached hydrogen (secondary N) is 1. The molecule has 0 unspecified atom stereocenters. The van der Waals surface area contributed by atoms with E-state index in [2.05, 4.69) is 26.0 Å². The summed E-state index contributed by atoms with van der Waals surface area (Å²) in [4.78, 5) is 11.9. The summed E-state index contributed by atoms with van der Waals surface area (Å²) in [7, 11) is 0. The summed E-state index contributed by atoms with van der Waals surface area (Å²) in [5.74, 6) is -0.254. The van der Waals surface area contributed by atoms with Gasteiger partial charge in [0.15, 0.2) is 0 Å². The van der Waals surface area contributed by atoms with E-state index in [4.69, 9.17) is 0 Å². The van der Waals surface area contributed by atoms with Crippen molar-refractivity contribution in [3.8, 4) is 5.75 Å². The number of carbonyl (C=O) groups excluding carboxylic acids is 1. The highest BCUT2D eigenvalue weighted by Gasteiger charge is 2.07. The summed E-state index contributed by atoms with van der Waals surface area (Å²) in [5, 5.41) is 2.75. The van der Waals surface area contributed by atoms with Crippen molar-refractivity contribution >= 4 is 21.8 Å². The summed E-state index contributed by atoms with van der Waals surface area (Å²) in [6.07, 6.45) is 0. The Balaban J connectivity index is 1.92. The number of benzene rings is 2. The summed E-state index contributed by atoms with van der Waals surface area (Å²) in [6, 6.07) is 13.1. The fraction of sp³-hybridized carbons (Fsp3) is 0.133. The molecule has 2 aromatic carbocycles. The maximum atomic E-state index is 12.0. The SMILES string of the molecule is O=C(NCc1ccc(Br)cc1)c1ccc(OC(F)F)cc1. The molecule has 3 nitrogen and oxygen atoms in total. The topological polar surface area (TPSA) is 38.3 Å². The van der Waals surface area contributed by atoms with Crippen LogP contribution in [0.15, 0.2) is 53.0 Å². The van der Waals surface area contributed by atoms with Crippen molar-refractivity contribution in [2.45, 2.75) is 13.2 Å². The second kappa shape index (κ2) is 7.17. The van der Waals surface area contributed by atoms with Crippen LogP contribution >= 0.6 is 15.9 Å². The molecular formula is C15H12BrF2NO2. The normalized spacial score (nSPS) is 10.5. The monoisotopic (exact) mass is 355 g/mol. The fourth-order valence-electron chi connectivity index (χ4n) is 1.67. The molecule has 0 spiro atoms. The van der Waals surface area contributed by atoms with Crippen LogP contribution < -0.4 is 10.1 Å². The first kappa shape index (κ1) is 15.4. The van der Waals surface area contributed by atoms with E-state index in [0.29, 0.717) is 12.1 Å². The van der Waals surface area contributed by atoms with Gasteiger partial charge in [-0.15, -0.1) is 0 Å². The summed E-state index contributed by atoms with van der Waals surface area (Å²) < 4.78 is 29.2. The Morgan fingerprint density at radius 1 is 1.10 bits per heavy atom. The van der Waals surface area contributed by atoms with Crippen LogP contribution in [0.3, 0.4) is 0 Å². The third-order valence-corrected chi connectivity index (χ3v) is 3.24. The van der Waals surface area contributed by atoms with Crippen LogP contribution in [-0.4, -0.2) is 12.5 Å². The van der Waals surface area contributed by atoms with Gasteiger partial charge in [-0.1, -0.05) is 28.1 Å². The van der Waals surface area contributed by atoms with Gasteiger partial charge in [0.25, 0.3) is 5.91 Å². The minimum absolute atomic E-state index is 0.0226. The van der Waals surface area contributed by atoms with E-state index in [-0.39, 0.29) is 11.7 Å². The lowest BCUT2D eigenvalue weighted by atomic mass is 10.2. The smallest absolute Gasteiger partial charge is 0.387 e. The van der Waals surface area contributed by atoms with Crippen LogP contribution in [0.4, 0.5) is 8.78 Å². The van der Waals surface area contributed by atoms with E-state index in [9.17, 15) is 13.6 Å². The zero-order valence-electron chi connectivity index (χ0n) is 10.9. The van der Waals surface area contributed by atoms with Crippen molar-refractivity contribution in [2.75, 3.05) is 0 Å². The molecule has 1 amide bonds. The van der Waals surface area contributed by atoms with Crippen molar-refractivity contribution in [3.05, 3.63) is 64.1 Å². The third-order valence-electron chi connectivity index (χ3n) is 2.71. The lowest BCUT2D eigenvalue weighted by Crippen LogP contribution is -2.22. The second-order valence-electron chi connectivity index (χ2n) is 4.21. The van der Waals surface area contributed by atoms with Crippen LogP contribution in [0.25, 0.3) is 0 Å². The van der Waals surface area contributed by atoms with Gasteiger partial charge in [0, 0.05) is 16.6 Å². The Morgan fingerprint density at radius 3 is 2.29 bits per heavy atom. The van der Waals surface area contributed by atoms with Gasteiger partial charge in [-0.2, -0.15) is 8.78 Å². The highest BCUT2D eigenvalue weighted by Crippen LogP contribution is 2.15. The molecule has 0 atom stereocenters. The van der Waals surface area contributed by atoms with Crippen LogP contribution in [-0.2, 0) is 6.54 Å².